The second-order valence-electron chi connectivity index (χ2n) is 6.33. The van der Waals surface area contributed by atoms with Crippen molar-refractivity contribution in [3.63, 3.8) is 0 Å². The molecular formula is C18H20GeO2S. The summed E-state index contributed by atoms with van der Waals surface area (Å²) in [5.74, 6) is -0.166. The molecule has 2 aromatic carbocycles. The van der Waals surface area contributed by atoms with Crippen LogP contribution in [0.4, 0.5) is 0 Å². The molecule has 0 saturated heterocycles. The first-order valence-electron chi connectivity index (χ1n) is 7.57. The summed E-state index contributed by atoms with van der Waals surface area (Å²) < 4.78 is 0. The predicted octanol–water partition coefficient (Wildman–Crippen LogP) is 1.91. The van der Waals surface area contributed by atoms with Crippen LogP contribution in [0.5, 0.6) is 0 Å². The Labute approximate surface area is 145 Å². The summed E-state index contributed by atoms with van der Waals surface area (Å²) >= 11 is 1.86. The van der Waals surface area contributed by atoms with Crippen LogP contribution in [0.1, 0.15) is 19.3 Å². The Bertz CT molecular complexity index is 702. The van der Waals surface area contributed by atoms with E-state index in [1.165, 1.54) is 15.7 Å². The quantitative estimate of drug-likeness (QED) is 0.773. The molecule has 0 amide bonds. The molecule has 0 spiro atoms. The molecule has 2 saturated carbocycles. The van der Waals surface area contributed by atoms with Crippen molar-refractivity contribution in [2.75, 3.05) is 0 Å². The zero-order valence-electron chi connectivity index (χ0n) is 12.7. The van der Waals surface area contributed by atoms with Gasteiger partial charge in [-0.15, -0.1) is 11.8 Å². The molecule has 2 aliphatic rings. The summed E-state index contributed by atoms with van der Waals surface area (Å²) in [7, 11) is 0. The number of fused-ring (bicyclic) bond motifs is 3. The maximum absolute atomic E-state index is 11.2. The standard InChI is InChI=1S/C18H18O2S.GeH3/c19-18(20)16-8-11-7-15(16)17(9-11)21-14-6-5-12-3-1-2-4-13(12)10-14;/h1-6,10-11,15-17H,7-9H2,(H,19,20);1H3/q;+1/p-1. The molecule has 2 aromatic rings. The molecule has 2 bridgehead atoms. The summed E-state index contributed by atoms with van der Waals surface area (Å²) in [4.78, 5) is 12.5. The van der Waals surface area contributed by atoms with Crippen LogP contribution >= 0.6 is 11.8 Å². The summed E-state index contributed by atoms with van der Waals surface area (Å²) in [6.45, 7) is 0. The van der Waals surface area contributed by atoms with E-state index in [4.69, 9.17) is 0 Å². The van der Waals surface area contributed by atoms with Crippen LogP contribution in [-0.4, -0.2) is 28.8 Å². The number of hydrogen-bond acceptors (Lipinski definition) is 3. The molecule has 2 nitrogen and oxygen atoms in total. The third-order valence-electron chi connectivity index (χ3n) is 5.06. The van der Waals surface area contributed by atoms with Crippen molar-refractivity contribution in [2.24, 2.45) is 17.8 Å². The minimum absolute atomic E-state index is 0. The molecule has 2 fully saturated rings. The van der Waals surface area contributed by atoms with Crippen LogP contribution in [0, 0.1) is 17.8 Å². The third-order valence-corrected chi connectivity index (χ3v) is 6.43. The molecule has 0 N–H and O–H groups in total. The molecule has 114 valence electrons. The van der Waals surface area contributed by atoms with E-state index in [1.54, 1.807) is 0 Å². The first-order chi connectivity index (χ1) is 10.2. The van der Waals surface area contributed by atoms with Crippen LogP contribution in [0.3, 0.4) is 0 Å². The average Bonchev–Trinajstić information content (AvgIpc) is 3.07. The van der Waals surface area contributed by atoms with E-state index >= 15 is 0 Å². The molecule has 0 aliphatic heterocycles. The topological polar surface area (TPSA) is 40.1 Å². The van der Waals surface area contributed by atoms with Gasteiger partial charge < -0.3 is 9.90 Å². The third kappa shape index (κ3) is 2.81. The summed E-state index contributed by atoms with van der Waals surface area (Å²) in [5.41, 5.74) is 0. The second kappa shape index (κ2) is 6.28. The summed E-state index contributed by atoms with van der Waals surface area (Å²) in [5, 5.41) is 14.2. The van der Waals surface area contributed by atoms with E-state index in [-0.39, 0.29) is 23.5 Å². The van der Waals surface area contributed by atoms with Crippen molar-refractivity contribution >= 4 is 46.1 Å². The number of carboxylic acid groups (broad SMARTS) is 1. The van der Waals surface area contributed by atoms with Crippen LogP contribution < -0.4 is 5.11 Å². The van der Waals surface area contributed by atoms with Crippen molar-refractivity contribution < 1.29 is 9.90 Å². The molecule has 0 radical (unpaired) electrons. The van der Waals surface area contributed by atoms with E-state index in [0.717, 1.165) is 19.3 Å². The van der Waals surface area contributed by atoms with E-state index in [9.17, 15) is 9.90 Å². The van der Waals surface area contributed by atoms with Crippen molar-refractivity contribution in [1.82, 2.24) is 0 Å². The molecule has 4 atom stereocenters. The van der Waals surface area contributed by atoms with Crippen LogP contribution in [0.25, 0.3) is 10.8 Å². The van der Waals surface area contributed by atoms with Crippen LogP contribution in [0.2, 0.25) is 0 Å². The number of aliphatic carboxylic acids is 1. The first-order valence-corrected chi connectivity index (χ1v) is 8.45. The number of rotatable bonds is 3. The summed E-state index contributed by atoms with van der Waals surface area (Å²) in [6, 6.07) is 14.9. The number of carboxylic acids is 1. The number of carbonyl (C=O) groups excluding carboxylic acids is 1. The van der Waals surface area contributed by atoms with Gasteiger partial charge in [0.1, 0.15) is 0 Å². The Morgan fingerprint density at radius 2 is 1.82 bits per heavy atom. The van der Waals surface area contributed by atoms with Gasteiger partial charge in [-0.05, 0) is 54.0 Å². The Morgan fingerprint density at radius 1 is 1.05 bits per heavy atom. The first kappa shape index (κ1) is 15.9. The zero-order chi connectivity index (χ0) is 14.4. The van der Waals surface area contributed by atoms with Gasteiger partial charge in [0, 0.05) is 22.0 Å². The molecule has 2 aliphatic carbocycles. The van der Waals surface area contributed by atoms with Gasteiger partial charge in [-0.2, -0.15) is 0 Å². The van der Waals surface area contributed by atoms with E-state index in [1.807, 2.05) is 11.8 Å². The SMILES string of the molecule is O=C([O-])C1CC2CC(Sc3ccc4ccccc4c3)C1C2.[GeH3+]. The molecule has 4 heteroatoms. The monoisotopic (exact) mass is 374 g/mol. The minimum atomic E-state index is -0.841. The number of hydrogen-bond donors (Lipinski definition) is 0. The van der Waals surface area contributed by atoms with Gasteiger partial charge in [-0.25, -0.2) is 0 Å². The molecule has 4 unspecified atom stereocenters. The van der Waals surface area contributed by atoms with Gasteiger partial charge in [0.2, 0.25) is 0 Å². The number of thioether (sulfide) groups is 1. The van der Waals surface area contributed by atoms with Gasteiger partial charge in [0.15, 0.2) is 0 Å². The van der Waals surface area contributed by atoms with Crippen molar-refractivity contribution in [1.29, 1.82) is 0 Å². The van der Waals surface area contributed by atoms with Crippen molar-refractivity contribution in [3.8, 4) is 0 Å². The fraction of sp³-hybridized carbons (Fsp3) is 0.389. The van der Waals surface area contributed by atoms with E-state index in [2.05, 4.69) is 42.5 Å². The number of benzene rings is 2. The van der Waals surface area contributed by atoms with Gasteiger partial charge in [-0.1, -0.05) is 30.3 Å². The molecule has 0 heterocycles. The van der Waals surface area contributed by atoms with Crippen LogP contribution in [0.15, 0.2) is 47.4 Å². The van der Waals surface area contributed by atoms with Crippen molar-refractivity contribution in [3.05, 3.63) is 42.5 Å². The maximum atomic E-state index is 11.2. The molecule has 4 rings (SSSR count). The second-order valence-corrected chi connectivity index (χ2v) is 7.64. The Kier molecular flexibility index (Phi) is 4.55. The van der Waals surface area contributed by atoms with Gasteiger partial charge >= 0.3 is 17.6 Å². The Morgan fingerprint density at radius 3 is 2.55 bits per heavy atom. The average molecular weight is 373 g/mol. The van der Waals surface area contributed by atoms with Crippen molar-refractivity contribution in [2.45, 2.75) is 29.4 Å². The van der Waals surface area contributed by atoms with Crippen LogP contribution in [-0.2, 0) is 4.79 Å². The molecule has 22 heavy (non-hydrogen) atoms. The Hall–Kier alpha value is -0.937. The fourth-order valence-corrected chi connectivity index (χ4v) is 5.64. The van der Waals surface area contributed by atoms with Gasteiger partial charge in [0.25, 0.3) is 0 Å². The Balaban J connectivity index is 0.00000144. The van der Waals surface area contributed by atoms with Gasteiger partial charge in [-0.3, -0.25) is 0 Å². The normalized spacial score (nSPS) is 29.5. The molecule has 0 aromatic heterocycles. The predicted molar refractivity (Wildman–Crippen MR) is 92.9 cm³/mol. The summed E-state index contributed by atoms with van der Waals surface area (Å²) in [6.07, 6.45) is 3.07. The van der Waals surface area contributed by atoms with E-state index in [0.29, 0.717) is 17.1 Å². The number of carbonyl (C=O) groups is 1. The fourth-order valence-electron chi connectivity index (χ4n) is 4.11. The molecular weight excluding hydrogens is 353 g/mol. The zero-order valence-corrected chi connectivity index (χ0v) is 17.7. The van der Waals surface area contributed by atoms with Gasteiger partial charge in [0.05, 0.1) is 0 Å². The van der Waals surface area contributed by atoms with E-state index < -0.39 is 5.97 Å².